The molecule has 1 aliphatic heterocycles. The molecule has 1 N–H and O–H groups in total. The fourth-order valence-corrected chi connectivity index (χ4v) is 2.35. The van der Waals surface area contributed by atoms with Crippen LogP contribution in [0, 0.1) is 5.82 Å². The molecule has 4 nitrogen and oxygen atoms in total. The molecule has 1 atom stereocenters. The zero-order chi connectivity index (χ0) is 14.2. The van der Waals surface area contributed by atoms with Gasteiger partial charge in [-0.25, -0.2) is 4.39 Å². The zero-order valence-corrected chi connectivity index (χ0v) is 11.4. The van der Waals surface area contributed by atoms with E-state index in [0.717, 1.165) is 4.90 Å². The highest BCUT2D eigenvalue weighted by molar-refractivity contribution is 6.34. The fourth-order valence-electron chi connectivity index (χ4n) is 2.08. The molecule has 0 saturated carbocycles. The van der Waals surface area contributed by atoms with Crippen molar-refractivity contribution >= 4 is 29.1 Å². The first-order valence-corrected chi connectivity index (χ1v) is 6.34. The molecule has 0 aromatic heterocycles. The molecule has 0 bridgehead atoms. The number of hydrogen-bond acceptors (Lipinski definition) is 2. The van der Waals surface area contributed by atoms with Crippen LogP contribution >= 0.6 is 11.6 Å². The Morgan fingerprint density at radius 3 is 2.74 bits per heavy atom. The summed E-state index contributed by atoms with van der Waals surface area (Å²) >= 11 is 5.95. The predicted molar refractivity (Wildman–Crippen MR) is 70.6 cm³/mol. The normalized spacial score (nSPS) is 23.5. The van der Waals surface area contributed by atoms with Crippen molar-refractivity contribution in [2.75, 3.05) is 11.4 Å². The lowest BCUT2D eigenvalue weighted by atomic mass is 9.94. The topological polar surface area (TPSA) is 49.4 Å². The lowest BCUT2D eigenvalue weighted by Gasteiger charge is -2.39. The highest BCUT2D eigenvalue weighted by Crippen LogP contribution is 2.32. The van der Waals surface area contributed by atoms with Crippen molar-refractivity contribution in [3.63, 3.8) is 0 Å². The second-order valence-electron chi connectivity index (χ2n) is 4.70. The molecule has 1 unspecified atom stereocenters. The maximum absolute atomic E-state index is 13.9. The van der Waals surface area contributed by atoms with Crippen LogP contribution in [0.4, 0.5) is 10.1 Å². The second-order valence-corrected chi connectivity index (χ2v) is 5.10. The molecule has 6 heteroatoms. The summed E-state index contributed by atoms with van der Waals surface area (Å²) in [6, 6.07) is 4.15. The van der Waals surface area contributed by atoms with E-state index < -0.39 is 11.4 Å². The van der Waals surface area contributed by atoms with Gasteiger partial charge in [-0.1, -0.05) is 24.6 Å². The molecule has 102 valence electrons. The Morgan fingerprint density at radius 1 is 1.47 bits per heavy atom. The molecule has 1 heterocycles. The molecule has 2 rings (SSSR count). The van der Waals surface area contributed by atoms with Crippen LogP contribution < -0.4 is 10.2 Å². The van der Waals surface area contributed by atoms with Crippen molar-refractivity contribution in [3.8, 4) is 0 Å². The minimum absolute atomic E-state index is 0.0382. The Balaban J connectivity index is 2.49. The Hall–Kier alpha value is -1.62. The van der Waals surface area contributed by atoms with Crippen LogP contribution in [-0.2, 0) is 9.59 Å². The van der Waals surface area contributed by atoms with E-state index in [-0.39, 0.29) is 29.1 Å². The Labute approximate surface area is 115 Å². The number of nitrogens with one attached hydrogen (secondary N) is 1. The van der Waals surface area contributed by atoms with Crippen molar-refractivity contribution in [3.05, 3.63) is 29.0 Å². The predicted octanol–water partition coefficient (Wildman–Crippen LogP) is 2.11. The Kier molecular flexibility index (Phi) is 3.49. The van der Waals surface area contributed by atoms with Crippen LogP contribution in [-0.4, -0.2) is 23.9 Å². The van der Waals surface area contributed by atoms with Gasteiger partial charge in [0.1, 0.15) is 17.9 Å². The van der Waals surface area contributed by atoms with Crippen molar-refractivity contribution in [2.24, 2.45) is 0 Å². The van der Waals surface area contributed by atoms with Gasteiger partial charge in [-0.3, -0.25) is 14.5 Å². The van der Waals surface area contributed by atoms with Gasteiger partial charge in [-0.2, -0.15) is 0 Å². The van der Waals surface area contributed by atoms with Gasteiger partial charge in [0, 0.05) is 0 Å². The van der Waals surface area contributed by atoms with Gasteiger partial charge in [-0.05, 0) is 25.5 Å². The number of anilines is 1. The molecule has 0 spiro atoms. The van der Waals surface area contributed by atoms with Gasteiger partial charge in [0.2, 0.25) is 5.91 Å². The monoisotopic (exact) mass is 284 g/mol. The molecule has 19 heavy (non-hydrogen) atoms. The van der Waals surface area contributed by atoms with E-state index in [1.54, 1.807) is 13.8 Å². The van der Waals surface area contributed by atoms with Gasteiger partial charge in [-0.15, -0.1) is 0 Å². The standard InChI is InChI=1S/C13H14ClFN2O2/c1-3-13(2)12(19)17(7-10(18)16-13)11-8(14)5-4-6-9(11)15/h4-6H,3,7H2,1-2H3,(H,16,18). The third kappa shape index (κ3) is 2.30. The smallest absolute Gasteiger partial charge is 0.253 e. The SMILES string of the molecule is CCC1(C)NC(=O)CN(c2c(F)cccc2Cl)C1=O. The Bertz CT molecular complexity index is 529. The summed E-state index contributed by atoms with van der Waals surface area (Å²) in [5.41, 5.74) is -1.07. The van der Waals surface area contributed by atoms with Crippen molar-refractivity contribution in [1.82, 2.24) is 5.32 Å². The molecule has 1 aromatic carbocycles. The number of para-hydroxylation sites is 1. The molecular formula is C13H14ClFN2O2. The van der Waals surface area contributed by atoms with Crippen LogP contribution in [0.5, 0.6) is 0 Å². The number of carbonyl (C=O) groups excluding carboxylic acids is 2. The first-order chi connectivity index (χ1) is 8.89. The average Bonchev–Trinajstić information content (AvgIpc) is 2.35. The van der Waals surface area contributed by atoms with E-state index in [1.807, 2.05) is 0 Å². The summed E-state index contributed by atoms with van der Waals surface area (Å²) in [6.45, 7) is 3.17. The van der Waals surface area contributed by atoms with Gasteiger partial charge in [0.05, 0.1) is 10.7 Å². The minimum atomic E-state index is -1.03. The summed E-state index contributed by atoms with van der Waals surface area (Å²) in [5, 5.41) is 2.75. The number of nitrogens with zero attached hydrogens (tertiary/aromatic N) is 1. The zero-order valence-electron chi connectivity index (χ0n) is 10.7. The fraction of sp³-hybridized carbons (Fsp3) is 0.385. The largest absolute Gasteiger partial charge is 0.340 e. The maximum atomic E-state index is 13.9. The number of amides is 2. The Morgan fingerprint density at radius 2 is 2.16 bits per heavy atom. The van der Waals surface area contributed by atoms with Gasteiger partial charge < -0.3 is 5.32 Å². The molecule has 1 aromatic rings. The highest BCUT2D eigenvalue weighted by atomic mass is 35.5. The molecule has 1 saturated heterocycles. The number of hydrogen-bond donors (Lipinski definition) is 1. The lowest BCUT2D eigenvalue weighted by molar-refractivity contribution is -0.135. The van der Waals surface area contributed by atoms with Crippen molar-refractivity contribution < 1.29 is 14.0 Å². The van der Waals surface area contributed by atoms with Crippen LogP contribution in [0.25, 0.3) is 0 Å². The summed E-state index contributed by atoms with van der Waals surface area (Å²) in [6.07, 6.45) is 0.417. The van der Waals surface area contributed by atoms with Crippen LogP contribution in [0.1, 0.15) is 20.3 Å². The maximum Gasteiger partial charge on any atom is 0.253 e. The second kappa shape index (κ2) is 4.81. The van der Waals surface area contributed by atoms with Crippen molar-refractivity contribution in [2.45, 2.75) is 25.8 Å². The molecule has 2 amide bonds. The first-order valence-electron chi connectivity index (χ1n) is 5.96. The molecule has 0 radical (unpaired) electrons. The van der Waals surface area contributed by atoms with Gasteiger partial charge in [0.25, 0.3) is 5.91 Å². The van der Waals surface area contributed by atoms with E-state index in [1.165, 1.54) is 18.2 Å². The summed E-state index contributed by atoms with van der Waals surface area (Å²) < 4.78 is 13.9. The van der Waals surface area contributed by atoms with Crippen LogP contribution in [0.3, 0.4) is 0 Å². The van der Waals surface area contributed by atoms with E-state index in [2.05, 4.69) is 5.32 Å². The van der Waals surface area contributed by atoms with Crippen molar-refractivity contribution in [1.29, 1.82) is 0 Å². The van der Waals surface area contributed by atoms with Gasteiger partial charge >= 0.3 is 0 Å². The van der Waals surface area contributed by atoms with Gasteiger partial charge in [0.15, 0.2) is 0 Å². The summed E-state index contributed by atoms with van der Waals surface area (Å²) in [7, 11) is 0. The lowest BCUT2D eigenvalue weighted by Crippen LogP contribution is -2.65. The number of halogens is 2. The van der Waals surface area contributed by atoms with E-state index in [4.69, 9.17) is 11.6 Å². The van der Waals surface area contributed by atoms with Crippen LogP contribution in [0.15, 0.2) is 18.2 Å². The third-order valence-electron chi connectivity index (χ3n) is 3.35. The number of carbonyl (C=O) groups is 2. The summed E-state index contributed by atoms with van der Waals surface area (Å²) in [4.78, 5) is 25.2. The van der Waals surface area contributed by atoms with E-state index in [9.17, 15) is 14.0 Å². The molecular weight excluding hydrogens is 271 g/mol. The molecule has 1 aliphatic rings. The van der Waals surface area contributed by atoms with E-state index in [0.29, 0.717) is 6.42 Å². The average molecular weight is 285 g/mol. The number of rotatable bonds is 2. The number of benzene rings is 1. The summed E-state index contributed by atoms with van der Waals surface area (Å²) in [5.74, 6) is -1.31. The van der Waals surface area contributed by atoms with Crippen LogP contribution in [0.2, 0.25) is 5.02 Å². The first kappa shape index (κ1) is 13.8. The minimum Gasteiger partial charge on any atom is -0.340 e. The molecule has 0 aliphatic carbocycles. The number of piperazine rings is 1. The highest BCUT2D eigenvalue weighted by Gasteiger charge is 2.43. The molecule has 1 fully saturated rings. The quantitative estimate of drug-likeness (QED) is 0.904. The van der Waals surface area contributed by atoms with E-state index >= 15 is 0 Å². The third-order valence-corrected chi connectivity index (χ3v) is 3.65.